The number of sulfonamides is 1. The van der Waals surface area contributed by atoms with Crippen LogP contribution in [0.15, 0.2) is 0 Å². The maximum absolute atomic E-state index is 12.6. The number of rotatable bonds is 5. The largest absolute Gasteiger partial charge is 0.299 e. The van der Waals surface area contributed by atoms with Crippen molar-refractivity contribution >= 4 is 21.7 Å². The Labute approximate surface area is 138 Å². The van der Waals surface area contributed by atoms with E-state index in [0.717, 1.165) is 6.42 Å². The van der Waals surface area contributed by atoms with Gasteiger partial charge in [0.25, 0.3) is 0 Å². The van der Waals surface area contributed by atoms with E-state index in [1.165, 1.54) is 0 Å². The second kappa shape index (κ2) is 4.38. The Kier molecular flexibility index (Phi) is 3.22. The van der Waals surface area contributed by atoms with Crippen molar-refractivity contribution in [3.63, 3.8) is 0 Å². The molecule has 3 atom stereocenters. The molecule has 0 aromatic carbocycles. The summed E-state index contributed by atoms with van der Waals surface area (Å²) in [6.07, 6.45) is 2.62. The fraction of sp³-hybridized carbons (Fsp3) is 0.882. The van der Waals surface area contributed by atoms with E-state index < -0.39 is 26.8 Å². The molecule has 130 valence electrons. The van der Waals surface area contributed by atoms with Crippen molar-refractivity contribution in [2.45, 2.75) is 60.3 Å². The second-order valence-corrected chi connectivity index (χ2v) is 10.6. The van der Waals surface area contributed by atoms with E-state index >= 15 is 0 Å². The van der Waals surface area contributed by atoms with Crippen molar-refractivity contribution in [2.75, 3.05) is 5.75 Å². The van der Waals surface area contributed by atoms with Gasteiger partial charge in [-0.3, -0.25) is 14.3 Å². The highest BCUT2D eigenvalue weighted by Gasteiger charge is 2.88. The number of carbonyl (C=O) groups excluding carboxylic acids is 2. The zero-order valence-corrected chi connectivity index (χ0v) is 15.5. The Morgan fingerprint density at radius 2 is 1.91 bits per heavy atom. The van der Waals surface area contributed by atoms with Crippen molar-refractivity contribution in [2.24, 2.45) is 27.6 Å². The fourth-order valence-corrected chi connectivity index (χ4v) is 7.23. The van der Waals surface area contributed by atoms with Crippen molar-refractivity contribution in [3.05, 3.63) is 0 Å². The van der Waals surface area contributed by atoms with Crippen LogP contribution in [0.5, 0.6) is 0 Å². The van der Waals surface area contributed by atoms with Gasteiger partial charge in [-0.05, 0) is 36.0 Å². The smallest absolute Gasteiger partial charge is 0.239 e. The highest BCUT2D eigenvalue weighted by atomic mass is 32.2. The van der Waals surface area contributed by atoms with Gasteiger partial charge in [-0.25, -0.2) is 8.42 Å². The molecular weight excluding hydrogens is 314 g/mol. The second-order valence-electron chi connectivity index (χ2n) is 8.88. The molecule has 5 nitrogen and oxygen atoms in total. The molecule has 0 radical (unpaired) electrons. The van der Waals surface area contributed by atoms with E-state index in [2.05, 4.69) is 18.6 Å². The lowest BCUT2D eigenvalue weighted by Gasteiger charge is -2.49. The molecule has 23 heavy (non-hydrogen) atoms. The van der Waals surface area contributed by atoms with Gasteiger partial charge in [0.1, 0.15) is 5.78 Å². The molecule has 0 saturated heterocycles. The molecule has 0 aromatic rings. The van der Waals surface area contributed by atoms with Crippen LogP contribution in [0.25, 0.3) is 0 Å². The summed E-state index contributed by atoms with van der Waals surface area (Å²) in [5.74, 6) is -0.318. The van der Waals surface area contributed by atoms with Gasteiger partial charge in [-0.2, -0.15) is 0 Å². The zero-order chi connectivity index (χ0) is 17.5. The van der Waals surface area contributed by atoms with Gasteiger partial charge in [0, 0.05) is 11.8 Å². The van der Waals surface area contributed by atoms with Crippen LogP contribution in [0.2, 0.25) is 0 Å². The Balaban J connectivity index is 1.82. The summed E-state index contributed by atoms with van der Waals surface area (Å²) in [5.41, 5.74) is -1.59. The van der Waals surface area contributed by atoms with Crippen molar-refractivity contribution < 1.29 is 18.0 Å². The molecule has 1 N–H and O–H groups in total. The highest BCUT2D eigenvalue weighted by Crippen LogP contribution is 2.89. The predicted molar refractivity (Wildman–Crippen MR) is 87.0 cm³/mol. The van der Waals surface area contributed by atoms with Crippen molar-refractivity contribution in [1.82, 2.24) is 4.72 Å². The van der Waals surface area contributed by atoms with Crippen LogP contribution in [0.1, 0.15) is 60.3 Å². The summed E-state index contributed by atoms with van der Waals surface area (Å²) in [4.78, 5) is 24.7. The molecule has 3 aliphatic rings. The minimum absolute atomic E-state index is 0.0430. The molecule has 3 fully saturated rings. The number of carbonyl (C=O) groups is 2. The average Bonchev–Trinajstić information content (AvgIpc) is 2.85. The van der Waals surface area contributed by atoms with Gasteiger partial charge >= 0.3 is 0 Å². The van der Waals surface area contributed by atoms with E-state index in [-0.39, 0.29) is 22.4 Å². The third kappa shape index (κ3) is 1.87. The van der Waals surface area contributed by atoms with Crippen LogP contribution < -0.4 is 4.72 Å². The number of hydrogen-bond donors (Lipinski definition) is 1. The molecule has 0 heterocycles. The number of amides is 1. The molecule has 6 heteroatoms. The first-order valence-electron chi connectivity index (χ1n) is 8.44. The molecule has 3 saturated carbocycles. The molecule has 3 aliphatic carbocycles. The lowest BCUT2D eigenvalue weighted by Crippen LogP contribution is -2.55. The van der Waals surface area contributed by atoms with Gasteiger partial charge in [-0.15, -0.1) is 0 Å². The fourth-order valence-electron chi connectivity index (χ4n) is 5.39. The van der Waals surface area contributed by atoms with Crippen molar-refractivity contribution in [1.29, 1.82) is 0 Å². The van der Waals surface area contributed by atoms with Crippen LogP contribution in [-0.4, -0.2) is 25.9 Å². The Morgan fingerprint density at radius 1 is 1.30 bits per heavy atom. The normalized spacial score (nSPS) is 37.6. The molecule has 1 amide bonds. The minimum atomic E-state index is -3.81. The molecule has 3 rings (SSSR count). The van der Waals surface area contributed by atoms with Gasteiger partial charge in [0.05, 0.1) is 11.2 Å². The first-order valence-corrected chi connectivity index (χ1v) is 10.1. The van der Waals surface area contributed by atoms with E-state index in [1.54, 1.807) is 13.8 Å². The predicted octanol–water partition coefficient (Wildman–Crippen LogP) is 2.26. The van der Waals surface area contributed by atoms with E-state index in [1.807, 2.05) is 6.92 Å². The molecule has 1 spiro atoms. The minimum Gasteiger partial charge on any atom is -0.299 e. The summed E-state index contributed by atoms with van der Waals surface area (Å²) < 4.78 is 27.4. The summed E-state index contributed by atoms with van der Waals surface area (Å²) in [7, 11) is -3.81. The Morgan fingerprint density at radius 3 is 2.39 bits per heavy atom. The molecule has 0 bridgehead atoms. The van der Waals surface area contributed by atoms with Crippen LogP contribution in [0.3, 0.4) is 0 Å². The monoisotopic (exact) mass is 341 g/mol. The molecule has 0 aliphatic heterocycles. The number of Topliss-reactive ketones (excluding diaryl/α,β-unsaturated/α-hetero) is 1. The average molecular weight is 341 g/mol. The van der Waals surface area contributed by atoms with Gasteiger partial charge < -0.3 is 0 Å². The van der Waals surface area contributed by atoms with Crippen LogP contribution >= 0.6 is 0 Å². The Bertz CT molecular complexity index is 693. The maximum atomic E-state index is 12.6. The molecular formula is C17H27NO4S. The van der Waals surface area contributed by atoms with Crippen LogP contribution in [0, 0.1) is 27.6 Å². The van der Waals surface area contributed by atoms with E-state index in [4.69, 9.17) is 0 Å². The molecule has 3 unspecified atom stereocenters. The van der Waals surface area contributed by atoms with E-state index in [9.17, 15) is 18.0 Å². The number of ketones is 1. The maximum Gasteiger partial charge on any atom is 0.239 e. The standard InChI is InChI=1S/C17H27NO4S/c1-6-14(2,3)13(20)18-23(21,22)10-16-7-8-17(16)11(9-12(16)19)15(17,4)5/h11H,6-10H2,1-5H3,(H,18,20). The summed E-state index contributed by atoms with van der Waals surface area (Å²) in [6.45, 7) is 9.58. The van der Waals surface area contributed by atoms with Crippen molar-refractivity contribution in [3.8, 4) is 0 Å². The summed E-state index contributed by atoms with van der Waals surface area (Å²) >= 11 is 0. The molecule has 0 aromatic heterocycles. The van der Waals surface area contributed by atoms with E-state index in [0.29, 0.717) is 25.2 Å². The lowest BCUT2D eigenvalue weighted by molar-refractivity contribution is -0.137. The summed E-state index contributed by atoms with van der Waals surface area (Å²) in [5, 5.41) is 0. The topological polar surface area (TPSA) is 80.3 Å². The first-order chi connectivity index (χ1) is 10.4. The Hall–Kier alpha value is -0.910. The van der Waals surface area contributed by atoms with Gasteiger partial charge in [-0.1, -0.05) is 34.6 Å². The van der Waals surface area contributed by atoms with Gasteiger partial charge in [0.15, 0.2) is 0 Å². The first kappa shape index (κ1) is 16.9. The van der Waals surface area contributed by atoms with Crippen LogP contribution in [-0.2, 0) is 19.6 Å². The number of nitrogens with one attached hydrogen (secondary N) is 1. The zero-order valence-electron chi connectivity index (χ0n) is 14.7. The SMILES string of the molecule is CCC(C)(C)C(=O)NS(=O)(=O)CC12CCC13C(CC2=O)C3(C)C. The third-order valence-corrected chi connectivity index (χ3v) is 8.81. The quantitative estimate of drug-likeness (QED) is 0.832. The summed E-state index contributed by atoms with van der Waals surface area (Å²) in [6, 6.07) is 0. The third-order valence-electron chi connectivity index (χ3n) is 7.44. The van der Waals surface area contributed by atoms with Gasteiger partial charge in [0.2, 0.25) is 15.9 Å². The lowest BCUT2D eigenvalue weighted by atomic mass is 9.55. The number of hydrogen-bond acceptors (Lipinski definition) is 4. The highest BCUT2D eigenvalue weighted by molar-refractivity contribution is 7.90. The van der Waals surface area contributed by atoms with Crippen LogP contribution in [0.4, 0.5) is 0 Å².